The molecular weight excluding hydrogens is 492 g/mol. The van der Waals surface area contributed by atoms with Crippen molar-refractivity contribution in [3.63, 3.8) is 0 Å². The van der Waals surface area contributed by atoms with E-state index in [-0.39, 0.29) is 36.3 Å². The lowest BCUT2D eigenvalue weighted by atomic mass is 10.0. The summed E-state index contributed by atoms with van der Waals surface area (Å²) in [6.07, 6.45) is -0.0927. The zero-order chi connectivity index (χ0) is 27.2. The first-order valence-electron chi connectivity index (χ1n) is 12.5. The molecule has 2 heterocycles. The highest BCUT2D eigenvalue weighted by Gasteiger charge is 2.37. The van der Waals surface area contributed by atoms with Gasteiger partial charge in [-0.05, 0) is 36.4 Å². The predicted molar refractivity (Wildman–Crippen MR) is 140 cm³/mol. The molecule has 2 aliphatic rings. The van der Waals surface area contributed by atoms with Crippen molar-refractivity contribution in [2.75, 3.05) is 72.6 Å². The summed E-state index contributed by atoms with van der Waals surface area (Å²) in [4.78, 5) is 45.0. The zero-order valence-corrected chi connectivity index (χ0v) is 22.2. The summed E-state index contributed by atoms with van der Waals surface area (Å²) in [5, 5.41) is 2.79. The van der Waals surface area contributed by atoms with Gasteiger partial charge in [-0.15, -0.1) is 0 Å². The summed E-state index contributed by atoms with van der Waals surface area (Å²) in [6.45, 7) is 2.98. The number of methoxy groups -OCH3 is 4. The van der Waals surface area contributed by atoms with E-state index in [0.717, 1.165) is 11.4 Å². The average molecular weight is 527 g/mol. The van der Waals surface area contributed by atoms with Crippen LogP contribution >= 0.6 is 0 Å². The van der Waals surface area contributed by atoms with E-state index in [1.807, 2.05) is 24.3 Å². The van der Waals surface area contributed by atoms with E-state index >= 15 is 0 Å². The van der Waals surface area contributed by atoms with Crippen molar-refractivity contribution in [2.45, 2.75) is 12.5 Å². The maximum absolute atomic E-state index is 13.5. The number of nitrogens with zero attached hydrogens (tertiary/aromatic N) is 3. The summed E-state index contributed by atoms with van der Waals surface area (Å²) < 4.78 is 21.3. The summed E-state index contributed by atoms with van der Waals surface area (Å²) in [7, 11) is 6.05. The summed E-state index contributed by atoms with van der Waals surface area (Å²) in [5.74, 6) is 0.924. The highest BCUT2D eigenvalue weighted by molar-refractivity contribution is 6.00. The molecule has 3 amide bonds. The molecule has 38 heavy (non-hydrogen) atoms. The number of carbonyl (C=O) groups excluding carboxylic acids is 3. The largest absolute Gasteiger partial charge is 0.497 e. The lowest BCUT2D eigenvalue weighted by Crippen LogP contribution is -2.59. The molecule has 2 aromatic rings. The fourth-order valence-corrected chi connectivity index (χ4v) is 4.83. The fourth-order valence-electron chi connectivity index (χ4n) is 4.83. The van der Waals surface area contributed by atoms with Gasteiger partial charge in [0.2, 0.25) is 17.6 Å². The van der Waals surface area contributed by atoms with Gasteiger partial charge in [-0.1, -0.05) is 0 Å². The minimum absolute atomic E-state index is 0.0927. The smallest absolute Gasteiger partial charge is 0.254 e. The Morgan fingerprint density at radius 2 is 1.50 bits per heavy atom. The number of nitrogens with one attached hydrogen (secondary N) is 1. The first-order chi connectivity index (χ1) is 18.4. The van der Waals surface area contributed by atoms with E-state index in [0.29, 0.717) is 50.0 Å². The van der Waals surface area contributed by atoms with Crippen LogP contribution in [-0.2, 0) is 9.59 Å². The first kappa shape index (κ1) is 26.9. The minimum atomic E-state index is -0.914. The topological polar surface area (TPSA) is 110 Å². The van der Waals surface area contributed by atoms with Gasteiger partial charge in [0.05, 0.1) is 34.9 Å². The molecule has 11 nitrogen and oxygen atoms in total. The first-order valence-corrected chi connectivity index (χ1v) is 12.5. The van der Waals surface area contributed by atoms with Crippen LogP contribution in [0.3, 0.4) is 0 Å². The predicted octanol–water partition coefficient (Wildman–Crippen LogP) is 1.40. The maximum atomic E-state index is 13.5. The summed E-state index contributed by atoms with van der Waals surface area (Å²) in [5.41, 5.74) is 1.34. The van der Waals surface area contributed by atoms with Crippen molar-refractivity contribution < 1.29 is 33.3 Å². The van der Waals surface area contributed by atoms with Crippen LogP contribution in [0.15, 0.2) is 36.4 Å². The third-order valence-electron chi connectivity index (χ3n) is 6.94. The van der Waals surface area contributed by atoms with Gasteiger partial charge in [0.15, 0.2) is 11.5 Å². The van der Waals surface area contributed by atoms with Crippen LogP contribution in [0.2, 0.25) is 0 Å². The van der Waals surface area contributed by atoms with Crippen molar-refractivity contribution in [3.8, 4) is 23.0 Å². The SMILES string of the molecule is COc1ccc(N2CCN(C(=O)CC3C(=O)NCCN3C(=O)c3cc(OC)c(OC)c(OC)c3)CC2)cc1. The van der Waals surface area contributed by atoms with Crippen molar-refractivity contribution in [3.05, 3.63) is 42.0 Å². The molecule has 1 N–H and O–H groups in total. The van der Waals surface area contributed by atoms with Crippen LogP contribution in [-0.4, -0.2) is 101 Å². The second-order valence-corrected chi connectivity index (χ2v) is 8.99. The van der Waals surface area contributed by atoms with Crippen LogP contribution in [0, 0.1) is 0 Å². The van der Waals surface area contributed by atoms with Crippen LogP contribution in [0.5, 0.6) is 23.0 Å². The highest BCUT2D eigenvalue weighted by atomic mass is 16.5. The van der Waals surface area contributed by atoms with Gasteiger partial charge in [0.25, 0.3) is 5.91 Å². The number of rotatable bonds is 8. The Labute approximate surface area is 222 Å². The molecule has 2 fully saturated rings. The molecular formula is C27H34N4O7. The Kier molecular flexibility index (Phi) is 8.45. The average Bonchev–Trinajstić information content (AvgIpc) is 2.97. The van der Waals surface area contributed by atoms with Gasteiger partial charge in [0, 0.05) is 50.5 Å². The molecule has 0 radical (unpaired) electrons. The molecule has 11 heteroatoms. The van der Waals surface area contributed by atoms with Crippen molar-refractivity contribution in [1.82, 2.24) is 15.1 Å². The van der Waals surface area contributed by atoms with E-state index in [9.17, 15) is 14.4 Å². The number of carbonyl (C=O) groups is 3. The third kappa shape index (κ3) is 5.56. The van der Waals surface area contributed by atoms with Gasteiger partial charge in [-0.3, -0.25) is 14.4 Å². The Hall–Kier alpha value is -4.15. The molecule has 0 spiro atoms. The third-order valence-corrected chi connectivity index (χ3v) is 6.94. The zero-order valence-electron chi connectivity index (χ0n) is 22.2. The van der Waals surface area contributed by atoms with Gasteiger partial charge >= 0.3 is 0 Å². The molecule has 0 saturated carbocycles. The van der Waals surface area contributed by atoms with Crippen LogP contribution in [0.4, 0.5) is 5.69 Å². The minimum Gasteiger partial charge on any atom is -0.497 e. The summed E-state index contributed by atoms with van der Waals surface area (Å²) in [6, 6.07) is 10.00. The van der Waals surface area contributed by atoms with Gasteiger partial charge in [-0.25, -0.2) is 0 Å². The highest BCUT2D eigenvalue weighted by Crippen LogP contribution is 2.38. The number of hydrogen-bond donors (Lipinski definition) is 1. The fraction of sp³-hybridized carbons (Fsp3) is 0.444. The molecule has 204 valence electrons. The van der Waals surface area contributed by atoms with E-state index < -0.39 is 6.04 Å². The Morgan fingerprint density at radius 1 is 0.868 bits per heavy atom. The Morgan fingerprint density at radius 3 is 2.05 bits per heavy atom. The molecule has 2 aliphatic heterocycles. The van der Waals surface area contributed by atoms with E-state index in [4.69, 9.17) is 18.9 Å². The molecule has 1 atom stereocenters. The molecule has 4 rings (SSSR count). The number of hydrogen-bond acceptors (Lipinski definition) is 8. The monoisotopic (exact) mass is 526 g/mol. The standard InChI is InChI=1S/C27H34N4O7/c1-35-20-7-5-19(6-8-20)29-11-13-30(14-12-29)24(32)17-21-26(33)28-9-10-31(21)27(34)18-15-22(36-2)25(38-4)23(16-18)37-3/h5-8,15-16,21H,9-14,17H2,1-4H3,(H,28,33). The molecule has 0 aromatic heterocycles. The van der Waals surface area contributed by atoms with E-state index in [2.05, 4.69) is 10.2 Å². The van der Waals surface area contributed by atoms with Gasteiger partial charge in [0.1, 0.15) is 11.8 Å². The number of amides is 3. The van der Waals surface area contributed by atoms with Crippen LogP contribution in [0.1, 0.15) is 16.8 Å². The summed E-state index contributed by atoms with van der Waals surface area (Å²) >= 11 is 0. The van der Waals surface area contributed by atoms with Gasteiger partial charge in [-0.2, -0.15) is 0 Å². The number of ether oxygens (including phenoxy) is 4. The number of benzene rings is 2. The van der Waals surface area contributed by atoms with Gasteiger partial charge < -0.3 is 39.0 Å². The quantitative estimate of drug-likeness (QED) is 0.550. The molecule has 0 aliphatic carbocycles. The second kappa shape index (κ2) is 11.9. The number of piperazine rings is 2. The lowest BCUT2D eigenvalue weighted by Gasteiger charge is -2.39. The Balaban J connectivity index is 1.44. The van der Waals surface area contributed by atoms with Crippen molar-refractivity contribution in [1.29, 1.82) is 0 Å². The normalized spacial score (nSPS) is 17.5. The molecule has 2 saturated heterocycles. The molecule has 2 aromatic carbocycles. The second-order valence-electron chi connectivity index (χ2n) is 8.99. The van der Waals surface area contributed by atoms with E-state index in [1.54, 1.807) is 24.1 Å². The molecule has 1 unspecified atom stereocenters. The van der Waals surface area contributed by atoms with Crippen LogP contribution in [0.25, 0.3) is 0 Å². The van der Waals surface area contributed by atoms with E-state index in [1.165, 1.54) is 26.2 Å². The number of anilines is 1. The lowest BCUT2D eigenvalue weighted by molar-refractivity contribution is -0.138. The van der Waals surface area contributed by atoms with Crippen molar-refractivity contribution in [2.24, 2.45) is 0 Å². The van der Waals surface area contributed by atoms with Crippen LogP contribution < -0.4 is 29.2 Å². The maximum Gasteiger partial charge on any atom is 0.254 e. The Bertz CT molecular complexity index is 1140. The molecule has 0 bridgehead atoms. The van der Waals surface area contributed by atoms with Crippen molar-refractivity contribution >= 4 is 23.4 Å².